The van der Waals surface area contributed by atoms with E-state index in [0.29, 0.717) is 29.3 Å². The highest BCUT2D eigenvalue weighted by molar-refractivity contribution is 8.00. The Hall–Kier alpha value is -5.70. The Balaban J connectivity index is 1.69. The van der Waals surface area contributed by atoms with Gasteiger partial charge in [0.25, 0.3) is 5.91 Å². The molecule has 5 rings (SSSR count). The molecular weight excluding hydrogens is 791 g/mol. The molecule has 1 aromatic carbocycles. The predicted octanol–water partition coefficient (Wildman–Crippen LogP) is -2.03. The quantitative estimate of drug-likeness (QED) is 0.151. The van der Waals surface area contributed by atoms with Gasteiger partial charge in [0.15, 0.2) is 5.37 Å². The van der Waals surface area contributed by atoms with Gasteiger partial charge in [-0.1, -0.05) is 70.5 Å². The number of hydrogen-bond acceptors (Lipinski definition) is 11. The summed E-state index contributed by atoms with van der Waals surface area (Å²) in [5.74, 6) is -9.24. The zero-order valence-electron chi connectivity index (χ0n) is 33.1. The van der Waals surface area contributed by atoms with Crippen molar-refractivity contribution in [3.63, 3.8) is 0 Å². The Kier molecular flexibility index (Phi) is 14.6. The number of carbonyl (C=O) groups is 9. The van der Waals surface area contributed by atoms with Gasteiger partial charge in [0, 0.05) is 30.3 Å². The van der Waals surface area contributed by atoms with Gasteiger partial charge in [-0.05, 0) is 23.5 Å². The number of aromatic nitrogens is 1. The van der Waals surface area contributed by atoms with Crippen molar-refractivity contribution in [3.8, 4) is 0 Å². The molecule has 1 fully saturated rings. The summed E-state index contributed by atoms with van der Waals surface area (Å²) >= 11 is 0.757. The van der Waals surface area contributed by atoms with Gasteiger partial charge < -0.3 is 57.3 Å². The van der Waals surface area contributed by atoms with Crippen LogP contribution in [-0.4, -0.2) is 135 Å². The molecule has 2 aromatic rings. The number of nitrogens with one attached hydrogen (secondary N) is 8. The fourth-order valence-corrected chi connectivity index (χ4v) is 8.30. The second-order valence-electron chi connectivity index (χ2n) is 15.1. The maximum absolute atomic E-state index is 14.3. The minimum absolute atomic E-state index is 0.238. The summed E-state index contributed by atoms with van der Waals surface area (Å²) in [6.07, 6.45) is -1.86. The molecule has 1 aromatic heterocycles. The van der Waals surface area contributed by atoms with Crippen LogP contribution < -0.4 is 37.2 Å². The Labute approximate surface area is 343 Å². The largest absolute Gasteiger partial charge is 0.481 e. The summed E-state index contributed by atoms with van der Waals surface area (Å²) in [6.45, 7) is 5.30. The summed E-state index contributed by atoms with van der Waals surface area (Å²) in [4.78, 5) is 127. The lowest BCUT2D eigenvalue weighted by Gasteiger charge is -2.31. The van der Waals surface area contributed by atoms with Gasteiger partial charge in [-0.3, -0.25) is 43.2 Å². The van der Waals surface area contributed by atoms with Gasteiger partial charge in [0.05, 0.1) is 30.6 Å². The van der Waals surface area contributed by atoms with E-state index in [4.69, 9.17) is 0 Å². The summed E-state index contributed by atoms with van der Waals surface area (Å²) in [7, 11) is 0. The van der Waals surface area contributed by atoms with Gasteiger partial charge in [0.1, 0.15) is 30.2 Å². The van der Waals surface area contributed by atoms with Crippen LogP contribution in [-0.2, 0) is 49.6 Å². The van der Waals surface area contributed by atoms with Crippen LogP contribution in [0.3, 0.4) is 0 Å². The average Bonchev–Trinajstić information content (AvgIpc) is 3.76. The van der Waals surface area contributed by atoms with Crippen molar-refractivity contribution in [1.82, 2.24) is 47.1 Å². The number of para-hydroxylation sites is 1. The van der Waals surface area contributed by atoms with Crippen molar-refractivity contribution in [2.75, 3.05) is 19.6 Å². The lowest BCUT2D eigenvalue weighted by atomic mass is 9.96. The van der Waals surface area contributed by atoms with Crippen molar-refractivity contribution in [2.24, 2.45) is 11.8 Å². The van der Waals surface area contributed by atoms with E-state index in [1.54, 1.807) is 52.0 Å². The molecule has 0 unspecified atom stereocenters. The number of aromatic amines is 1. The van der Waals surface area contributed by atoms with Crippen LogP contribution in [0.2, 0.25) is 0 Å². The van der Waals surface area contributed by atoms with Crippen LogP contribution in [0.5, 0.6) is 0 Å². The van der Waals surface area contributed by atoms with Crippen LogP contribution in [0.15, 0.2) is 29.3 Å². The highest BCUT2D eigenvalue weighted by Gasteiger charge is 2.44. The number of amides is 8. The molecule has 0 radical (unpaired) electrons. The number of aliphatic hydroxyl groups is 1. The Morgan fingerprint density at radius 3 is 2.08 bits per heavy atom. The highest BCUT2D eigenvalue weighted by atomic mass is 32.2. The summed E-state index contributed by atoms with van der Waals surface area (Å²) < 4.78 is 0. The van der Waals surface area contributed by atoms with E-state index in [1.165, 1.54) is 0 Å². The van der Waals surface area contributed by atoms with E-state index in [1.807, 2.05) is 0 Å². The van der Waals surface area contributed by atoms with E-state index >= 15 is 0 Å². The van der Waals surface area contributed by atoms with Gasteiger partial charge in [-0.25, -0.2) is 0 Å². The highest BCUT2D eigenvalue weighted by Crippen LogP contribution is 2.33. The molecule has 8 amide bonds. The van der Waals surface area contributed by atoms with Crippen LogP contribution >= 0.6 is 11.8 Å². The normalized spacial score (nSPS) is 27.9. The van der Waals surface area contributed by atoms with Crippen molar-refractivity contribution in [3.05, 3.63) is 29.8 Å². The number of nitrogens with zero attached hydrogens (tertiary/aromatic N) is 1. The minimum atomic E-state index is -1.79. The molecule has 2 bridgehead atoms. The molecule has 3 aliphatic heterocycles. The first-order chi connectivity index (χ1) is 28.0. The van der Waals surface area contributed by atoms with E-state index in [0.717, 1.165) is 16.7 Å². The van der Waals surface area contributed by atoms with Crippen molar-refractivity contribution in [1.29, 1.82) is 0 Å². The molecule has 9 atom stereocenters. The van der Waals surface area contributed by atoms with Crippen molar-refractivity contribution >= 4 is 75.9 Å². The third-order valence-electron chi connectivity index (χ3n) is 10.9. The first kappa shape index (κ1) is 44.4. The van der Waals surface area contributed by atoms with Crippen molar-refractivity contribution < 1.29 is 53.4 Å². The first-order valence-electron chi connectivity index (χ1n) is 19.5. The number of benzene rings is 1. The summed E-state index contributed by atoms with van der Waals surface area (Å²) in [5.41, 5.74) is 0.938. The molecule has 3 aliphatic rings. The number of carboxylic acid groups (broad SMARTS) is 1. The number of carbonyl (C=O) groups excluding carboxylic acids is 8. The Bertz CT molecular complexity index is 1990. The number of fused-ring (bicyclic) bond motifs is 4. The fourth-order valence-electron chi connectivity index (χ4n) is 7.19. The molecule has 0 saturated carbocycles. The standard InChI is InChI=1S/C38H51N9O11S/c1-5-17(3)29-33(55)40-15-27(50)45-37-35(57)42-24(13-28(51)52)38(58)47-16-19(48)11-25(47)32(54)46-30(18(4)6-2)34(56)41-23(31(53)39-14-26(49)44-29)12-21-20-9-7-8-10-22(20)43-36(21)59-37/h7-10,17-19,23-25,29-30,37,43,48H,5-6,11-16H2,1-4H3,(H,39,53)(H,40,55)(H,41,56)(H,42,57)(H,44,49)(H,45,50)(H,46,54)(H,51,52)/t17-,18-,19+,23-,24-,25-,29-,30-,37-/m0/s1. The number of hydrogen-bond donors (Lipinski definition) is 10. The maximum atomic E-state index is 14.3. The lowest BCUT2D eigenvalue weighted by molar-refractivity contribution is -0.146. The van der Waals surface area contributed by atoms with Crippen LogP contribution in [0.1, 0.15) is 58.9 Å². The number of thioether (sulfide) groups is 1. The number of aliphatic carboxylic acids is 1. The molecule has 1 saturated heterocycles. The molecule has 20 nitrogen and oxygen atoms in total. The number of carboxylic acids is 1. The summed E-state index contributed by atoms with van der Waals surface area (Å²) in [5, 5.41) is 37.6. The molecule has 21 heteroatoms. The zero-order chi connectivity index (χ0) is 43.1. The monoisotopic (exact) mass is 841 g/mol. The van der Waals surface area contributed by atoms with Gasteiger partial charge in [-0.2, -0.15) is 0 Å². The third-order valence-corrected chi connectivity index (χ3v) is 12.0. The lowest BCUT2D eigenvalue weighted by Crippen LogP contribution is -2.60. The number of aliphatic hydroxyl groups excluding tert-OH is 1. The predicted molar refractivity (Wildman–Crippen MR) is 211 cm³/mol. The van der Waals surface area contributed by atoms with E-state index in [9.17, 15) is 53.4 Å². The first-order valence-corrected chi connectivity index (χ1v) is 20.4. The molecule has 4 heterocycles. The van der Waals surface area contributed by atoms with Crippen LogP contribution in [0.4, 0.5) is 0 Å². The molecule has 0 aliphatic carbocycles. The second-order valence-corrected chi connectivity index (χ2v) is 16.2. The smallest absolute Gasteiger partial charge is 0.305 e. The number of H-pyrrole nitrogens is 1. The van der Waals surface area contributed by atoms with Crippen LogP contribution in [0, 0.1) is 11.8 Å². The second kappa shape index (κ2) is 19.4. The Morgan fingerprint density at radius 1 is 0.797 bits per heavy atom. The van der Waals surface area contributed by atoms with Crippen molar-refractivity contribution in [2.45, 2.75) is 107 Å². The maximum Gasteiger partial charge on any atom is 0.305 e. The van der Waals surface area contributed by atoms with E-state index in [-0.39, 0.29) is 17.9 Å². The van der Waals surface area contributed by atoms with Gasteiger partial charge in [0.2, 0.25) is 41.4 Å². The fraction of sp³-hybridized carbons (Fsp3) is 0.553. The molecule has 320 valence electrons. The summed E-state index contributed by atoms with van der Waals surface area (Å²) in [6, 6.07) is -0.113. The minimum Gasteiger partial charge on any atom is -0.481 e. The van der Waals surface area contributed by atoms with Crippen LogP contribution in [0.25, 0.3) is 10.9 Å². The van der Waals surface area contributed by atoms with Gasteiger partial charge in [-0.15, -0.1) is 0 Å². The molecule has 10 N–H and O–H groups in total. The van der Waals surface area contributed by atoms with E-state index in [2.05, 4.69) is 42.2 Å². The molecule has 0 spiro atoms. The van der Waals surface area contributed by atoms with E-state index < -0.39 is 133 Å². The Morgan fingerprint density at radius 2 is 1.42 bits per heavy atom. The zero-order valence-corrected chi connectivity index (χ0v) is 33.9. The SMILES string of the molecule is CC[C@H](C)[C@@H]1NC(=O)CNC(=O)[C@@H]2Cc3c([nH]c4ccccc34)S[C@H](NC(=O)CNC1=O)C(=O)N[C@@H](CC(=O)O)C(=O)N1C[C@H](O)C[C@H]1C(=O)N[C@@H]([C@@H](C)CC)C(=O)N2. The topological polar surface area (TPSA) is 297 Å². The molecular formula is C38H51N9O11S. The third kappa shape index (κ3) is 10.7. The van der Waals surface area contributed by atoms with Gasteiger partial charge >= 0.3 is 5.97 Å². The average molecular weight is 842 g/mol. The number of rotatable bonds is 6. The molecule has 59 heavy (non-hydrogen) atoms.